The van der Waals surface area contributed by atoms with E-state index in [1.54, 1.807) is 0 Å². The monoisotopic (exact) mass is 241 g/mol. The second kappa shape index (κ2) is 4.24. The maximum Gasteiger partial charge on any atom is 0.418 e. The minimum Gasteiger partial charge on any atom is -0.481 e. The maximum atomic E-state index is 12.2. The topological polar surface area (TPSA) is 42.4 Å². The fourth-order valence-electron chi connectivity index (χ4n) is 0.932. The molecule has 7 heteroatoms. The zero-order chi connectivity index (χ0) is 11.6. The van der Waals surface area contributed by atoms with Gasteiger partial charge in [0, 0.05) is 17.8 Å². The SMILES string of the molecule is COc1cc(C(O)C(F)(F)F)c(Cl)cn1. The van der Waals surface area contributed by atoms with Crippen molar-refractivity contribution in [2.75, 3.05) is 7.11 Å². The Kier molecular flexibility index (Phi) is 3.41. The summed E-state index contributed by atoms with van der Waals surface area (Å²) in [5.41, 5.74) is -0.476. The lowest BCUT2D eigenvalue weighted by Crippen LogP contribution is -2.20. The first-order valence-corrected chi connectivity index (χ1v) is 4.18. The van der Waals surface area contributed by atoms with Crippen LogP contribution in [0.15, 0.2) is 12.3 Å². The lowest BCUT2D eigenvalue weighted by molar-refractivity contribution is -0.206. The molecule has 84 valence electrons. The van der Waals surface area contributed by atoms with Crippen molar-refractivity contribution in [3.8, 4) is 5.88 Å². The van der Waals surface area contributed by atoms with Crippen molar-refractivity contribution in [2.45, 2.75) is 12.3 Å². The number of aliphatic hydroxyl groups excluding tert-OH is 1. The average molecular weight is 242 g/mol. The molecule has 1 aromatic heterocycles. The minimum atomic E-state index is -4.77. The smallest absolute Gasteiger partial charge is 0.418 e. The summed E-state index contributed by atoms with van der Waals surface area (Å²) in [5, 5.41) is 8.70. The van der Waals surface area contributed by atoms with E-state index < -0.39 is 17.8 Å². The minimum absolute atomic E-state index is 0.0438. The summed E-state index contributed by atoms with van der Waals surface area (Å²) in [6, 6.07) is 0.945. The van der Waals surface area contributed by atoms with Gasteiger partial charge in [-0.15, -0.1) is 0 Å². The highest BCUT2D eigenvalue weighted by atomic mass is 35.5. The summed E-state index contributed by atoms with van der Waals surface area (Å²) < 4.78 is 41.2. The van der Waals surface area contributed by atoms with Gasteiger partial charge >= 0.3 is 6.18 Å². The zero-order valence-corrected chi connectivity index (χ0v) is 8.30. The highest BCUT2D eigenvalue weighted by Gasteiger charge is 2.40. The third kappa shape index (κ3) is 2.73. The average Bonchev–Trinajstić information content (AvgIpc) is 2.16. The van der Waals surface area contributed by atoms with Gasteiger partial charge in [-0.1, -0.05) is 11.6 Å². The van der Waals surface area contributed by atoms with Crippen LogP contribution in [0.2, 0.25) is 5.02 Å². The molecule has 0 fully saturated rings. The Morgan fingerprint density at radius 2 is 2.13 bits per heavy atom. The molecular formula is C8H7ClF3NO2. The fourth-order valence-corrected chi connectivity index (χ4v) is 1.14. The molecule has 15 heavy (non-hydrogen) atoms. The highest BCUT2D eigenvalue weighted by Crippen LogP contribution is 2.36. The van der Waals surface area contributed by atoms with E-state index in [2.05, 4.69) is 9.72 Å². The summed E-state index contributed by atoms with van der Waals surface area (Å²) in [6.07, 6.45) is -6.41. The lowest BCUT2D eigenvalue weighted by Gasteiger charge is -2.16. The molecule has 1 unspecified atom stereocenters. The Bertz CT molecular complexity index is 356. The summed E-state index contributed by atoms with van der Waals surface area (Å²) in [6.45, 7) is 0. The van der Waals surface area contributed by atoms with E-state index in [4.69, 9.17) is 16.7 Å². The number of ether oxygens (including phenoxy) is 1. The van der Waals surface area contributed by atoms with E-state index in [1.807, 2.05) is 0 Å². The van der Waals surface area contributed by atoms with Gasteiger partial charge in [0.2, 0.25) is 5.88 Å². The molecule has 0 radical (unpaired) electrons. The Hall–Kier alpha value is -1.01. The van der Waals surface area contributed by atoms with Gasteiger partial charge in [0.1, 0.15) is 0 Å². The van der Waals surface area contributed by atoms with Crippen LogP contribution in [0, 0.1) is 0 Å². The standard InChI is InChI=1S/C8H7ClF3NO2/c1-15-6-2-4(5(9)3-13-6)7(14)8(10,11)12/h2-3,7,14H,1H3. The van der Waals surface area contributed by atoms with Crippen molar-refractivity contribution < 1.29 is 23.0 Å². The van der Waals surface area contributed by atoms with Crippen LogP contribution in [0.25, 0.3) is 0 Å². The number of aromatic nitrogens is 1. The Morgan fingerprint density at radius 3 is 2.60 bits per heavy atom. The maximum absolute atomic E-state index is 12.2. The van der Waals surface area contributed by atoms with Crippen molar-refractivity contribution in [1.82, 2.24) is 4.98 Å². The molecule has 0 saturated carbocycles. The van der Waals surface area contributed by atoms with Crippen LogP contribution in [-0.4, -0.2) is 23.4 Å². The molecule has 0 amide bonds. The Balaban J connectivity index is 3.12. The van der Waals surface area contributed by atoms with Gasteiger partial charge in [-0.2, -0.15) is 13.2 Å². The van der Waals surface area contributed by atoms with Gasteiger partial charge in [0.15, 0.2) is 6.10 Å². The van der Waals surface area contributed by atoms with Crippen LogP contribution >= 0.6 is 11.6 Å². The van der Waals surface area contributed by atoms with Crippen molar-refractivity contribution >= 4 is 11.6 Å². The Morgan fingerprint density at radius 1 is 1.53 bits per heavy atom. The number of aliphatic hydroxyl groups is 1. The van der Waals surface area contributed by atoms with Crippen LogP contribution in [0.1, 0.15) is 11.7 Å². The number of hydrogen-bond acceptors (Lipinski definition) is 3. The molecule has 0 saturated heterocycles. The van der Waals surface area contributed by atoms with Crippen molar-refractivity contribution in [1.29, 1.82) is 0 Å². The third-order valence-electron chi connectivity index (χ3n) is 1.67. The number of alkyl halides is 3. The second-order valence-corrected chi connectivity index (χ2v) is 3.10. The lowest BCUT2D eigenvalue weighted by atomic mass is 10.1. The van der Waals surface area contributed by atoms with Crippen LogP contribution in [0.4, 0.5) is 13.2 Å². The number of methoxy groups -OCH3 is 1. The normalized spacial score (nSPS) is 13.7. The fraction of sp³-hybridized carbons (Fsp3) is 0.375. The molecule has 0 bridgehead atoms. The van der Waals surface area contributed by atoms with Crippen LogP contribution < -0.4 is 4.74 Å². The molecule has 3 nitrogen and oxygen atoms in total. The van der Waals surface area contributed by atoms with Gasteiger partial charge in [-0.3, -0.25) is 0 Å². The molecule has 1 N–H and O–H groups in total. The van der Waals surface area contributed by atoms with Crippen molar-refractivity contribution in [2.24, 2.45) is 0 Å². The van der Waals surface area contributed by atoms with E-state index >= 15 is 0 Å². The molecular weight excluding hydrogens is 235 g/mol. The van der Waals surface area contributed by atoms with Crippen LogP contribution in [0.5, 0.6) is 5.88 Å². The first-order chi connectivity index (χ1) is 6.86. The van der Waals surface area contributed by atoms with Gasteiger partial charge in [-0.05, 0) is 0 Å². The number of halogens is 4. The van der Waals surface area contributed by atoms with Crippen LogP contribution in [0.3, 0.4) is 0 Å². The molecule has 0 aromatic carbocycles. The third-order valence-corrected chi connectivity index (χ3v) is 1.99. The number of hydrogen-bond donors (Lipinski definition) is 1. The first-order valence-electron chi connectivity index (χ1n) is 3.80. The van der Waals surface area contributed by atoms with Gasteiger partial charge in [0.05, 0.1) is 12.1 Å². The number of pyridine rings is 1. The number of rotatable bonds is 2. The summed E-state index contributed by atoms with van der Waals surface area (Å²) in [7, 11) is 1.25. The van der Waals surface area contributed by atoms with Crippen molar-refractivity contribution in [3.63, 3.8) is 0 Å². The van der Waals surface area contributed by atoms with E-state index in [0.29, 0.717) is 0 Å². The van der Waals surface area contributed by atoms with E-state index in [0.717, 1.165) is 12.3 Å². The molecule has 1 aromatic rings. The zero-order valence-electron chi connectivity index (χ0n) is 7.55. The summed E-state index contributed by atoms with van der Waals surface area (Å²) >= 11 is 5.48. The molecule has 0 aliphatic carbocycles. The van der Waals surface area contributed by atoms with E-state index in [9.17, 15) is 13.2 Å². The highest BCUT2D eigenvalue weighted by molar-refractivity contribution is 6.31. The van der Waals surface area contributed by atoms with Crippen molar-refractivity contribution in [3.05, 3.63) is 22.8 Å². The van der Waals surface area contributed by atoms with Gasteiger partial charge in [-0.25, -0.2) is 4.98 Å². The second-order valence-electron chi connectivity index (χ2n) is 2.69. The molecule has 1 heterocycles. The molecule has 0 spiro atoms. The van der Waals surface area contributed by atoms with Crippen LogP contribution in [-0.2, 0) is 0 Å². The number of nitrogens with zero attached hydrogens (tertiary/aromatic N) is 1. The largest absolute Gasteiger partial charge is 0.481 e. The molecule has 0 aliphatic rings. The summed E-state index contributed by atoms with van der Waals surface area (Å²) in [5.74, 6) is -0.0438. The first kappa shape index (κ1) is 12.1. The summed E-state index contributed by atoms with van der Waals surface area (Å²) in [4.78, 5) is 3.59. The van der Waals surface area contributed by atoms with E-state index in [-0.39, 0.29) is 10.9 Å². The molecule has 0 aliphatic heterocycles. The van der Waals surface area contributed by atoms with E-state index in [1.165, 1.54) is 7.11 Å². The predicted octanol–water partition coefficient (Wildman–Crippen LogP) is 2.34. The molecule has 1 rings (SSSR count). The molecule has 1 atom stereocenters. The van der Waals surface area contributed by atoms with Gasteiger partial charge < -0.3 is 9.84 Å². The van der Waals surface area contributed by atoms with Gasteiger partial charge in [0.25, 0.3) is 0 Å². The predicted molar refractivity (Wildman–Crippen MR) is 46.8 cm³/mol. The quantitative estimate of drug-likeness (QED) is 0.864. The Labute approximate surface area is 88.5 Å².